The number of phenolic OH excluding ortho intramolecular Hbond substituents is 1. The van der Waals surface area contributed by atoms with Crippen LogP contribution >= 0.6 is 35.7 Å². The van der Waals surface area contributed by atoms with Gasteiger partial charge in [0.2, 0.25) is 17.2 Å². The van der Waals surface area contributed by atoms with Crippen LogP contribution in [0, 0.1) is 0 Å². The number of anilines is 4. The molecule has 0 spiro atoms. The zero-order valence-corrected chi connectivity index (χ0v) is 26.7. The largest absolute Gasteiger partial charge is 0.505 e. The van der Waals surface area contributed by atoms with Crippen molar-refractivity contribution in [3.63, 3.8) is 0 Å². The molecule has 244 valence electrons. The fourth-order valence-corrected chi connectivity index (χ4v) is 5.74. The molecule has 47 heavy (non-hydrogen) atoms. The van der Waals surface area contributed by atoms with E-state index in [4.69, 9.17) is 22.1 Å². The third-order valence-electron chi connectivity index (χ3n) is 6.14. The summed E-state index contributed by atoms with van der Waals surface area (Å²) in [5.41, 5.74) is 0.625. The molecule has 0 aliphatic rings. The molecule has 1 heterocycles. The lowest BCUT2D eigenvalue weighted by atomic mass is 10.1. The molecule has 0 aliphatic heterocycles. The maximum atomic E-state index is 12.3. The fourth-order valence-electron chi connectivity index (χ4n) is 4.12. The SMILES string of the molecule is CN(c1ccccc1)c1nc(Cl)nc(Nc2cc(S(=O)(=O)O)cc3cc(SOOO)c(N=Nc4ccccc4SOOO)c(O)c23)n1. The molecule has 0 saturated carbocycles. The summed E-state index contributed by atoms with van der Waals surface area (Å²) in [5.74, 6) is -0.576. The number of phenols is 1. The molecule has 0 amide bonds. The summed E-state index contributed by atoms with van der Waals surface area (Å²) < 4.78 is 43.5. The fraction of sp³-hybridized carbons (Fsp3) is 0.0385. The molecule has 0 atom stereocenters. The van der Waals surface area contributed by atoms with E-state index < -0.39 is 20.8 Å². The Morgan fingerprint density at radius 1 is 0.894 bits per heavy atom. The van der Waals surface area contributed by atoms with Gasteiger partial charge in [-0.1, -0.05) is 40.4 Å². The number of benzene rings is 4. The molecule has 0 fully saturated rings. The van der Waals surface area contributed by atoms with Crippen molar-refractivity contribution in [1.82, 2.24) is 15.0 Å². The zero-order chi connectivity index (χ0) is 33.6. The topological polar surface area (TPSA) is 231 Å². The number of azo groups is 1. The standard InChI is InChI=1S/C26H20ClN7O10S3/c1-34(15-7-3-2-4-8-15)26-30-24(27)29-25(31-26)28-18-13-16(47(38,39)40)11-14-12-20(46-44-42-37)22(23(35)21(14)18)33-32-17-9-5-6-10-19(17)45-43-41-36/h2-13,35-37H,1H3,(H,38,39,40)(H,28,29,30,31). The summed E-state index contributed by atoms with van der Waals surface area (Å²) in [6.07, 6.45) is 0. The highest BCUT2D eigenvalue weighted by molar-refractivity contribution is 7.95. The van der Waals surface area contributed by atoms with E-state index >= 15 is 0 Å². The lowest BCUT2D eigenvalue weighted by Gasteiger charge is -2.18. The Hall–Kier alpha value is -4.19. The molecule has 0 unspecified atom stereocenters. The number of aromatic nitrogens is 3. The van der Waals surface area contributed by atoms with Gasteiger partial charge in [0.25, 0.3) is 10.1 Å². The van der Waals surface area contributed by atoms with Crippen LogP contribution in [0.2, 0.25) is 5.28 Å². The van der Waals surface area contributed by atoms with Gasteiger partial charge in [-0.3, -0.25) is 4.55 Å². The third-order valence-corrected chi connectivity index (χ3v) is 8.41. The molecular weight excluding hydrogens is 702 g/mol. The molecule has 0 bridgehead atoms. The summed E-state index contributed by atoms with van der Waals surface area (Å²) in [7, 11) is -3.09. The van der Waals surface area contributed by atoms with E-state index in [2.05, 4.69) is 49.2 Å². The van der Waals surface area contributed by atoms with Gasteiger partial charge in [-0.05, 0) is 59.5 Å². The molecule has 17 nitrogen and oxygen atoms in total. The van der Waals surface area contributed by atoms with Gasteiger partial charge in [0, 0.05) is 18.1 Å². The van der Waals surface area contributed by atoms with Gasteiger partial charge in [-0.2, -0.15) is 23.4 Å². The van der Waals surface area contributed by atoms with Crippen LogP contribution < -0.4 is 10.2 Å². The van der Waals surface area contributed by atoms with E-state index in [9.17, 15) is 18.1 Å². The Morgan fingerprint density at radius 2 is 1.57 bits per heavy atom. The van der Waals surface area contributed by atoms with E-state index in [0.717, 1.165) is 17.8 Å². The Morgan fingerprint density at radius 3 is 2.28 bits per heavy atom. The summed E-state index contributed by atoms with van der Waals surface area (Å²) in [6, 6.07) is 19.0. The first-order valence-corrected chi connectivity index (χ1v) is 16.0. The van der Waals surface area contributed by atoms with Crippen LogP contribution in [-0.2, 0) is 28.9 Å². The summed E-state index contributed by atoms with van der Waals surface area (Å²) >= 11 is 7.24. The van der Waals surface area contributed by atoms with E-state index in [1.54, 1.807) is 36.2 Å². The minimum atomic E-state index is -4.78. The van der Waals surface area contributed by atoms with Gasteiger partial charge in [-0.25, -0.2) is 10.5 Å². The number of rotatable bonds is 13. The number of hydrogen-bond acceptors (Lipinski definition) is 18. The third kappa shape index (κ3) is 8.22. The first-order chi connectivity index (χ1) is 22.6. The minimum absolute atomic E-state index is 0.0127. The molecule has 0 aliphatic carbocycles. The highest BCUT2D eigenvalue weighted by Crippen LogP contribution is 2.48. The molecule has 0 radical (unpaired) electrons. The highest BCUT2D eigenvalue weighted by atomic mass is 35.5. The van der Waals surface area contributed by atoms with Crippen molar-refractivity contribution < 1.29 is 47.3 Å². The average molecular weight is 722 g/mol. The van der Waals surface area contributed by atoms with Crippen molar-refractivity contribution in [3.8, 4) is 5.75 Å². The van der Waals surface area contributed by atoms with Crippen LogP contribution in [0.3, 0.4) is 0 Å². The molecule has 1 aromatic heterocycles. The molecular formula is C26H20ClN7O10S3. The van der Waals surface area contributed by atoms with Crippen molar-refractivity contribution in [3.05, 3.63) is 78.1 Å². The quantitative estimate of drug-likeness (QED) is 0.0262. The Labute approximate surface area is 278 Å². The van der Waals surface area contributed by atoms with Gasteiger partial charge in [0.1, 0.15) is 11.4 Å². The van der Waals surface area contributed by atoms with Crippen LogP contribution in [0.25, 0.3) is 10.8 Å². The molecule has 4 aromatic carbocycles. The number of halogens is 1. The summed E-state index contributed by atoms with van der Waals surface area (Å²) in [4.78, 5) is 14.0. The predicted octanol–water partition coefficient (Wildman–Crippen LogP) is 7.41. The Bertz CT molecular complexity index is 2050. The summed E-state index contributed by atoms with van der Waals surface area (Å²) in [6.45, 7) is 0. The van der Waals surface area contributed by atoms with E-state index in [1.807, 2.05) is 30.3 Å². The molecule has 5 N–H and O–H groups in total. The first kappa shape index (κ1) is 34.2. The van der Waals surface area contributed by atoms with E-state index in [1.165, 1.54) is 6.07 Å². The van der Waals surface area contributed by atoms with Crippen LogP contribution in [0.15, 0.2) is 97.7 Å². The molecule has 21 heteroatoms. The van der Waals surface area contributed by atoms with Crippen molar-refractivity contribution in [2.75, 3.05) is 17.3 Å². The maximum absolute atomic E-state index is 12.3. The van der Waals surface area contributed by atoms with E-state index in [0.29, 0.717) is 29.0 Å². The average Bonchev–Trinajstić information content (AvgIpc) is 3.05. The van der Waals surface area contributed by atoms with Crippen LogP contribution in [0.1, 0.15) is 0 Å². The second kappa shape index (κ2) is 15.1. The van der Waals surface area contributed by atoms with Gasteiger partial charge in [-0.15, -0.1) is 18.9 Å². The van der Waals surface area contributed by atoms with Crippen molar-refractivity contribution >= 4 is 91.2 Å². The van der Waals surface area contributed by atoms with E-state index in [-0.39, 0.29) is 49.9 Å². The zero-order valence-electron chi connectivity index (χ0n) is 23.5. The molecule has 0 saturated heterocycles. The number of aromatic hydroxyl groups is 1. The van der Waals surface area contributed by atoms with Crippen molar-refractivity contribution in [2.24, 2.45) is 10.2 Å². The monoisotopic (exact) mass is 721 g/mol. The Balaban J connectivity index is 1.67. The normalized spacial score (nSPS) is 11.8. The van der Waals surface area contributed by atoms with Gasteiger partial charge >= 0.3 is 0 Å². The van der Waals surface area contributed by atoms with Crippen LogP contribution in [0.5, 0.6) is 5.75 Å². The molecule has 5 rings (SSSR count). The molecule has 5 aromatic rings. The number of fused-ring (bicyclic) bond motifs is 1. The van der Waals surface area contributed by atoms with Gasteiger partial charge in [0.15, 0.2) is 5.75 Å². The van der Waals surface area contributed by atoms with Crippen LogP contribution in [0.4, 0.5) is 34.6 Å². The first-order valence-electron chi connectivity index (χ1n) is 12.7. The maximum Gasteiger partial charge on any atom is 0.294 e. The van der Waals surface area contributed by atoms with Gasteiger partial charge in [0.05, 0.1) is 44.5 Å². The summed E-state index contributed by atoms with van der Waals surface area (Å²) in [5, 5.41) is 47.2. The number of nitrogens with one attached hydrogen (secondary N) is 1. The number of nitrogens with zero attached hydrogens (tertiary/aromatic N) is 6. The smallest absolute Gasteiger partial charge is 0.294 e. The Kier molecular flexibility index (Phi) is 11.0. The number of para-hydroxylation sites is 1. The minimum Gasteiger partial charge on any atom is -0.505 e. The van der Waals surface area contributed by atoms with Crippen LogP contribution in [-0.4, -0.2) is 50.6 Å². The second-order valence-corrected chi connectivity index (χ2v) is 12.2. The lowest BCUT2D eigenvalue weighted by molar-refractivity contribution is -0.432. The second-order valence-electron chi connectivity index (χ2n) is 8.98. The van der Waals surface area contributed by atoms with Crippen molar-refractivity contribution in [2.45, 2.75) is 14.7 Å². The number of hydrogen-bond donors (Lipinski definition) is 5. The highest BCUT2D eigenvalue weighted by Gasteiger charge is 2.23. The van der Waals surface area contributed by atoms with Gasteiger partial charge < -0.3 is 15.3 Å². The van der Waals surface area contributed by atoms with Crippen molar-refractivity contribution in [1.29, 1.82) is 0 Å². The predicted molar refractivity (Wildman–Crippen MR) is 170 cm³/mol. The lowest BCUT2D eigenvalue weighted by Crippen LogP contribution is -2.14.